The largest absolute Gasteiger partial charge is 0.481 e. The average molecular weight is 358 g/mol. The summed E-state index contributed by atoms with van der Waals surface area (Å²) in [5.74, 6) is 0.0301. The number of carbonyl (C=O) groups is 2. The third-order valence-corrected chi connectivity index (χ3v) is 4.42. The summed E-state index contributed by atoms with van der Waals surface area (Å²) in [6, 6.07) is 6.68. The number of rotatable bonds is 4. The second-order valence-electron chi connectivity index (χ2n) is 6.33. The summed E-state index contributed by atoms with van der Waals surface area (Å²) in [4.78, 5) is 37.4. The van der Waals surface area contributed by atoms with Gasteiger partial charge in [-0.25, -0.2) is 4.79 Å². The normalized spacial score (nSPS) is 16.1. The number of benzene rings is 1. The lowest BCUT2D eigenvalue weighted by molar-refractivity contribution is -0.140. The van der Waals surface area contributed by atoms with E-state index in [1.165, 1.54) is 11.0 Å². The molecule has 1 aliphatic heterocycles. The van der Waals surface area contributed by atoms with Gasteiger partial charge in [-0.05, 0) is 37.5 Å². The van der Waals surface area contributed by atoms with Gasteiger partial charge < -0.3 is 19.4 Å². The number of hydrogen-bond acceptors (Lipinski definition) is 5. The molecule has 1 unspecified atom stereocenters. The molecule has 3 rings (SSSR count). The molecule has 7 heteroatoms. The van der Waals surface area contributed by atoms with Gasteiger partial charge in [0.25, 0.3) is 5.91 Å². The van der Waals surface area contributed by atoms with E-state index < -0.39 is 11.7 Å². The molecule has 1 aromatic heterocycles. The van der Waals surface area contributed by atoms with Gasteiger partial charge in [0.1, 0.15) is 11.3 Å². The van der Waals surface area contributed by atoms with Gasteiger partial charge in [0, 0.05) is 30.6 Å². The second-order valence-corrected chi connectivity index (χ2v) is 6.33. The molecule has 2 amide bonds. The monoisotopic (exact) mass is 358 g/mol. The minimum Gasteiger partial charge on any atom is -0.481 e. The molecular weight excluding hydrogens is 336 g/mol. The third kappa shape index (κ3) is 3.87. The van der Waals surface area contributed by atoms with E-state index in [-0.39, 0.29) is 18.4 Å². The van der Waals surface area contributed by atoms with E-state index >= 15 is 0 Å². The Bertz CT molecular complexity index is 889. The predicted octanol–water partition coefficient (Wildman–Crippen LogP) is 1.47. The van der Waals surface area contributed by atoms with Gasteiger partial charge in [-0.1, -0.05) is 6.92 Å². The molecule has 0 bridgehead atoms. The lowest BCUT2D eigenvalue weighted by atomic mass is 10.1. The zero-order valence-corrected chi connectivity index (χ0v) is 14.9. The van der Waals surface area contributed by atoms with E-state index in [4.69, 9.17) is 9.15 Å². The molecule has 2 heterocycles. The van der Waals surface area contributed by atoms with Crippen molar-refractivity contribution in [1.82, 2.24) is 10.2 Å². The number of ether oxygens (including phenoxy) is 1. The van der Waals surface area contributed by atoms with E-state index in [1.54, 1.807) is 19.1 Å². The van der Waals surface area contributed by atoms with Crippen LogP contribution < -0.4 is 15.7 Å². The van der Waals surface area contributed by atoms with Crippen molar-refractivity contribution in [2.45, 2.75) is 32.8 Å². The van der Waals surface area contributed by atoms with E-state index in [9.17, 15) is 14.4 Å². The maximum absolute atomic E-state index is 12.6. The minimum absolute atomic E-state index is 0.0407. The van der Waals surface area contributed by atoms with Gasteiger partial charge in [0.05, 0.1) is 6.54 Å². The van der Waals surface area contributed by atoms with Crippen molar-refractivity contribution in [2.75, 3.05) is 19.6 Å². The van der Waals surface area contributed by atoms with Crippen molar-refractivity contribution in [3.63, 3.8) is 0 Å². The van der Waals surface area contributed by atoms with Gasteiger partial charge in [-0.2, -0.15) is 0 Å². The molecule has 1 fully saturated rings. The Balaban J connectivity index is 1.78. The summed E-state index contributed by atoms with van der Waals surface area (Å²) >= 11 is 0. The van der Waals surface area contributed by atoms with Crippen LogP contribution in [0.1, 0.15) is 25.8 Å². The number of hydrogen-bond donors (Lipinski definition) is 1. The topological polar surface area (TPSA) is 88.8 Å². The van der Waals surface area contributed by atoms with Crippen LogP contribution in [0.15, 0.2) is 33.5 Å². The van der Waals surface area contributed by atoms with Crippen LogP contribution in [0.5, 0.6) is 5.75 Å². The van der Waals surface area contributed by atoms with E-state index in [0.717, 1.165) is 10.9 Å². The maximum atomic E-state index is 12.6. The fraction of sp³-hybridized carbons (Fsp3) is 0.421. The summed E-state index contributed by atoms with van der Waals surface area (Å²) in [6.07, 6.45) is 0.679. The molecule has 0 radical (unpaired) electrons. The molecule has 1 saturated heterocycles. The smallest absolute Gasteiger partial charge is 0.336 e. The standard InChI is InChI=1S/C19H22N2O5/c1-3-13-9-18(23)26-16-10-14(5-6-15(13)16)25-12(2)19(24)21-8-4-7-20-17(22)11-21/h5-6,9-10,12H,3-4,7-8,11H2,1-2H3,(H,20,22). The summed E-state index contributed by atoms with van der Waals surface area (Å²) < 4.78 is 11.0. The molecule has 26 heavy (non-hydrogen) atoms. The summed E-state index contributed by atoms with van der Waals surface area (Å²) in [5.41, 5.74) is 0.925. The molecular formula is C19H22N2O5. The van der Waals surface area contributed by atoms with Crippen molar-refractivity contribution in [1.29, 1.82) is 0 Å². The Hall–Kier alpha value is -2.83. The van der Waals surface area contributed by atoms with Gasteiger partial charge in [0.2, 0.25) is 5.91 Å². The first-order valence-corrected chi connectivity index (χ1v) is 8.77. The first-order chi connectivity index (χ1) is 12.5. The molecule has 1 atom stereocenters. The number of nitrogens with zero attached hydrogens (tertiary/aromatic N) is 1. The zero-order chi connectivity index (χ0) is 18.7. The lowest BCUT2D eigenvalue weighted by Gasteiger charge is -2.23. The lowest BCUT2D eigenvalue weighted by Crippen LogP contribution is -2.43. The Morgan fingerprint density at radius 3 is 2.92 bits per heavy atom. The van der Waals surface area contributed by atoms with E-state index in [0.29, 0.717) is 37.3 Å². The molecule has 1 aliphatic rings. The number of aryl methyl sites for hydroxylation is 1. The highest BCUT2D eigenvalue weighted by Crippen LogP contribution is 2.24. The van der Waals surface area contributed by atoms with Crippen LogP contribution in [0.25, 0.3) is 11.0 Å². The number of carbonyl (C=O) groups excluding carboxylic acids is 2. The van der Waals surface area contributed by atoms with Crippen molar-refractivity contribution >= 4 is 22.8 Å². The molecule has 0 aliphatic carbocycles. The average Bonchev–Trinajstić information content (AvgIpc) is 2.84. The third-order valence-electron chi connectivity index (χ3n) is 4.42. The Morgan fingerprint density at radius 2 is 2.15 bits per heavy atom. The first kappa shape index (κ1) is 18.0. The van der Waals surface area contributed by atoms with Crippen LogP contribution in [0.2, 0.25) is 0 Å². The minimum atomic E-state index is -0.751. The van der Waals surface area contributed by atoms with Crippen LogP contribution in [-0.4, -0.2) is 42.5 Å². The molecule has 138 valence electrons. The fourth-order valence-electron chi connectivity index (χ4n) is 3.08. The Kier molecular flexibility index (Phi) is 5.25. The Morgan fingerprint density at radius 1 is 1.35 bits per heavy atom. The highest BCUT2D eigenvalue weighted by molar-refractivity contribution is 5.87. The first-order valence-electron chi connectivity index (χ1n) is 8.77. The molecule has 7 nitrogen and oxygen atoms in total. The Labute approximate surface area is 150 Å². The van der Waals surface area contributed by atoms with Gasteiger partial charge in [-0.15, -0.1) is 0 Å². The SMILES string of the molecule is CCc1cc(=O)oc2cc(OC(C)C(=O)N3CCCNC(=O)C3)ccc12. The van der Waals surface area contributed by atoms with Crippen LogP contribution >= 0.6 is 0 Å². The van der Waals surface area contributed by atoms with Crippen molar-refractivity contribution in [3.8, 4) is 5.75 Å². The van der Waals surface area contributed by atoms with Crippen LogP contribution in [0.4, 0.5) is 0 Å². The highest BCUT2D eigenvalue weighted by atomic mass is 16.5. The number of nitrogens with one attached hydrogen (secondary N) is 1. The van der Waals surface area contributed by atoms with Crippen molar-refractivity contribution in [2.24, 2.45) is 0 Å². The van der Waals surface area contributed by atoms with E-state index in [1.807, 2.05) is 13.0 Å². The van der Waals surface area contributed by atoms with Crippen LogP contribution in [0, 0.1) is 0 Å². The fourth-order valence-corrected chi connectivity index (χ4v) is 3.08. The van der Waals surface area contributed by atoms with E-state index in [2.05, 4.69) is 5.32 Å². The van der Waals surface area contributed by atoms with Gasteiger partial charge in [0.15, 0.2) is 6.10 Å². The summed E-state index contributed by atoms with van der Waals surface area (Å²) in [6.45, 7) is 4.74. The van der Waals surface area contributed by atoms with Crippen molar-refractivity contribution < 1.29 is 18.7 Å². The number of amides is 2. The maximum Gasteiger partial charge on any atom is 0.336 e. The molecule has 2 aromatic rings. The highest BCUT2D eigenvalue weighted by Gasteiger charge is 2.25. The zero-order valence-electron chi connectivity index (χ0n) is 14.9. The second kappa shape index (κ2) is 7.59. The van der Waals surface area contributed by atoms with Crippen molar-refractivity contribution in [3.05, 3.63) is 40.2 Å². The molecule has 1 aromatic carbocycles. The molecule has 1 N–H and O–H groups in total. The molecule has 0 saturated carbocycles. The van der Waals surface area contributed by atoms with Gasteiger partial charge >= 0.3 is 5.63 Å². The van der Waals surface area contributed by atoms with Gasteiger partial charge in [-0.3, -0.25) is 9.59 Å². The van der Waals surface area contributed by atoms with Crippen LogP contribution in [-0.2, 0) is 16.0 Å². The summed E-state index contributed by atoms with van der Waals surface area (Å²) in [7, 11) is 0. The van der Waals surface area contributed by atoms with Crippen LogP contribution in [0.3, 0.4) is 0 Å². The summed E-state index contributed by atoms with van der Waals surface area (Å²) in [5, 5.41) is 3.59. The quantitative estimate of drug-likeness (QED) is 0.836. The molecule has 0 spiro atoms. The number of fused-ring (bicyclic) bond motifs is 1. The predicted molar refractivity (Wildman–Crippen MR) is 96.2 cm³/mol.